The maximum Gasteiger partial charge on any atom is 0.324 e. The van der Waals surface area contributed by atoms with Crippen molar-refractivity contribution in [2.75, 3.05) is 26.7 Å². The van der Waals surface area contributed by atoms with Crippen LogP contribution in [0, 0.1) is 5.92 Å². The Kier molecular flexibility index (Phi) is 5.64. The van der Waals surface area contributed by atoms with E-state index in [4.69, 9.17) is 4.74 Å². The number of carbonyl (C=O) groups is 1. The number of nitrogens with zero attached hydrogens (tertiary/aromatic N) is 1. The van der Waals surface area contributed by atoms with Crippen LogP contribution in [0.5, 0.6) is 0 Å². The van der Waals surface area contributed by atoms with Crippen molar-refractivity contribution >= 4 is 5.97 Å². The molecular weight excluding hydrogens is 240 g/mol. The maximum absolute atomic E-state index is 11.8. The van der Waals surface area contributed by atoms with Crippen LogP contribution in [0.1, 0.15) is 45.4 Å². The number of esters is 1. The van der Waals surface area contributed by atoms with Crippen molar-refractivity contribution in [3.05, 3.63) is 0 Å². The normalized spacial score (nSPS) is 26.7. The highest BCUT2D eigenvalue weighted by atomic mass is 16.5. The van der Waals surface area contributed by atoms with Gasteiger partial charge in [-0.05, 0) is 51.1 Å². The van der Waals surface area contributed by atoms with Crippen molar-refractivity contribution in [1.82, 2.24) is 10.2 Å². The molecule has 2 unspecified atom stereocenters. The molecule has 0 aromatic carbocycles. The number of nitrogens with one attached hydrogen (secondary N) is 1. The lowest BCUT2D eigenvalue weighted by Crippen LogP contribution is -2.47. The Balaban J connectivity index is 1.83. The van der Waals surface area contributed by atoms with Crippen LogP contribution in [0.25, 0.3) is 0 Å². The van der Waals surface area contributed by atoms with Gasteiger partial charge in [0.25, 0.3) is 0 Å². The van der Waals surface area contributed by atoms with Gasteiger partial charge in [-0.25, -0.2) is 0 Å². The molecule has 19 heavy (non-hydrogen) atoms. The molecule has 0 aromatic heterocycles. The number of likely N-dealkylation sites (tertiary alicyclic amines) is 1. The van der Waals surface area contributed by atoms with Crippen molar-refractivity contribution in [2.45, 2.75) is 57.5 Å². The SMILES string of the molecule is CCC1CCCN(CC(NC2CC2)C(=O)OC)CC1. The Morgan fingerprint density at radius 2 is 2.11 bits per heavy atom. The Morgan fingerprint density at radius 1 is 1.32 bits per heavy atom. The van der Waals surface area contributed by atoms with Crippen LogP contribution in [-0.2, 0) is 9.53 Å². The van der Waals surface area contributed by atoms with Gasteiger partial charge in [0.15, 0.2) is 0 Å². The smallest absolute Gasteiger partial charge is 0.324 e. The first-order valence-electron chi connectivity index (χ1n) is 7.79. The first kappa shape index (κ1) is 14.8. The monoisotopic (exact) mass is 268 g/mol. The van der Waals surface area contributed by atoms with E-state index < -0.39 is 0 Å². The first-order chi connectivity index (χ1) is 9.22. The van der Waals surface area contributed by atoms with Crippen molar-refractivity contribution in [3.8, 4) is 0 Å². The zero-order valence-corrected chi connectivity index (χ0v) is 12.4. The van der Waals surface area contributed by atoms with Gasteiger partial charge >= 0.3 is 5.97 Å². The third-order valence-electron chi connectivity index (χ3n) is 4.46. The minimum Gasteiger partial charge on any atom is -0.468 e. The number of carbonyl (C=O) groups excluding carboxylic acids is 1. The molecule has 1 heterocycles. The molecule has 2 aliphatic rings. The fourth-order valence-electron chi connectivity index (χ4n) is 2.95. The summed E-state index contributed by atoms with van der Waals surface area (Å²) in [6.45, 7) is 5.33. The molecule has 1 saturated heterocycles. The minimum absolute atomic E-state index is 0.108. The van der Waals surface area contributed by atoms with Gasteiger partial charge in [-0.2, -0.15) is 0 Å². The van der Waals surface area contributed by atoms with Gasteiger partial charge in [0.2, 0.25) is 0 Å². The second-order valence-corrected chi connectivity index (χ2v) is 6.02. The van der Waals surface area contributed by atoms with Gasteiger partial charge in [-0.15, -0.1) is 0 Å². The lowest BCUT2D eigenvalue weighted by Gasteiger charge is -2.25. The van der Waals surface area contributed by atoms with Gasteiger partial charge in [0, 0.05) is 12.6 Å². The van der Waals surface area contributed by atoms with E-state index in [2.05, 4.69) is 17.1 Å². The fourth-order valence-corrected chi connectivity index (χ4v) is 2.95. The summed E-state index contributed by atoms with van der Waals surface area (Å²) in [7, 11) is 1.49. The third-order valence-corrected chi connectivity index (χ3v) is 4.46. The van der Waals surface area contributed by atoms with Crippen molar-refractivity contribution < 1.29 is 9.53 Å². The van der Waals surface area contributed by atoms with E-state index in [1.165, 1.54) is 45.6 Å². The van der Waals surface area contributed by atoms with E-state index in [-0.39, 0.29) is 12.0 Å². The second kappa shape index (κ2) is 7.25. The van der Waals surface area contributed by atoms with Crippen molar-refractivity contribution in [1.29, 1.82) is 0 Å². The molecular formula is C15H28N2O2. The molecule has 1 aliphatic carbocycles. The highest BCUT2D eigenvalue weighted by molar-refractivity contribution is 5.76. The summed E-state index contributed by atoms with van der Waals surface area (Å²) >= 11 is 0. The Hall–Kier alpha value is -0.610. The van der Waals surface area contributed by atoms with Gasteiger partial charge in [0.1, 0.15) is 6.04 Å². The molecule has 0 amide bonds. The zero-order valence-electron chi connectivity index (χ0n) is 12.4. The molecule has 0 bridgehead atoms. The predicted molar refractivity (Wildman–Crippen MR) is 76.0 cm³/mol. The topological polar surface area (TPSA) is 41.6 Å². The number of ether oxygens (including phenoxy) is 1. The van der Waals surface area contributed by atoms with Crippen molar-refractivity contribution in [2.24, 2.45) is 5.92 Å². The summed E-state index contributed by atoms with van der Waals surface area (Å²) in [5, 5.41) is 3.42. The fraction of sp³-hybridized carbons (Fsp3) is 0.933. The maximum atomic E-state index is 11.8. The van der Waals surface area contributed by atoms with Crippen LogP contribution in [-0.4, -0.2) is 49.7 Å². The number of hydrogen-bond donors (Lipinski definition) is 1. The Morgan fingerprint density at radius 3 is 2.74 bits per heavy atom. The minimum atomic E-state index is -0.143. The molecule has 0 spiro atoms. The highest BCUT2D eigenvalue weighted by Gasteiger charge is 2.30. The van der Waals surface area contributed by atoms with E-state index >= 15 is 0 Å². The Labute approximate surface area is 116 Å². The summed E-state index contributed by atoms with van der Waals surface area (Å²) in [4.78, 5) is 14.3. The average Bonchev–Trinajstić information content (AvgIpc) is 3.24. The standard InChI is InChI=1S/C15H28N2O2/c1-3-12-5-4-9-17(10-8-12)11-14(15(18)19-2)16-13-6-7-13/h12-14,16H,3-11H2,1-2H3. The third kappa shape index (κ3) is 4.77. The predicted octanol–water partition coefficient (Wildman–Crippen LogP) is 1.79. The van der Waals surface area contributed by atoms with Crippen LogP contribution in [0.2, 0.25) is 0 Å². The van der Waals surface area contributed by atoms with Crippen LogP contribution < -0.4 is 5.32 Å². The van der Waals surface area contributed by atoms with Crippen LogP contribution in [0.4, 0.5) is 0 Å². The van der Waals surface area contributed by atoms with Crippen molar-refractivity contribution in [3.63, 3.8) is 0 Å². The summed E-state index contributed by atoms with van der Waals surface area (Å²) < 4.78 is 4.93. The van der Waals surface area contributed by atoms with E-state index in [1.807, 2.05) is 0 Å². The summed E-state index contributed by atoms with van der Waals surface area (Å²) in [6.07, 6.45) is 7.56. The lowest BCUT2D eigenvalue weighted by molar-refractivity contribution is -0.143. The molecule has 4 heteroatoms. The highest BCUT2D eigenvalue weighted by Crippen LogP contribution is 2.22. The molecule has 1 aliphatic heterocycles. The van der Waals surface area contributed by atoms with E-state index in [0.29, 0.717) is 6.04 Å². The summed E-state index contributed by atoms with van der Waals surface area (Å²) in [5.41, 5.74) is 0. The molecule has 2 rings (SSSR count). The quantitative estimate of drug-likeness (QED) is 0.746. The number of hydrogen-bond acceptors (Lipinski definition) is 4. The molecule has 0 aromatic rings. The second-order valence-electron chi connectivity index (χ2n) is 6.02. The van der Waals surface area contributed by atoms with E-state index in [9.17, 15) is 4.79 Å². The van der Waals surface area contributed by atoms with E-state index in [0.717, 1.165) is 25.6 Å². The van der Waals surface area contributed by atoms with Crippen LogP contribution in [0.3, 0.4) is 0 Å². The number of rotatable bonds is 6. The lowest BCUT2D eigenvalue weighted by atomic mass is 9.98. The molecule has 2 fully saturated rings. The van der Waals surface area contributed by atoms with E-state index in [1.54, 1.807) is 0 Å². The van der Waals surface area contributed by atoms with Gasteiger partial charge < -0.3 is 15.0 Å². The molecule has 110 valence electrons. The molecule has 1 saturated carbocycles. The molecule has 1 N–H and O–H groups in total. The van der Waals surface area contributed by atoms with Crippen LogP contribution >= 0.6 is 0 Å². The van der Waals surface area contributed by atoms with Gasteiger partial charge in [-0.1, -0.05) is 13.3 Å². The Bertz CT molecular complexity index is 292. The number of methoxy groups -OCH3 is 1. The van der Waals surface area contributed by atoms with Gasteiger partial charge in [0.05, 0.1) is 7.11 Å². The average molecular weight is 268 g/mol. The zero-order chi connectivity index (χ0) is 13.7. The molecule has 0 radical (unpaired) electrons. The largest absolute Gasteiger partial charge is 0.468 e. The molecule has 4 nitrogen and oxygen atoms in total. The first-order valence-corrected chi connectivity index (χ1v) is 7.79. The summed E-state index contributed by atoms with van der Waals surface area (Å²) in [5.74, 6) is 0.765. The molecule has 2 atom stereocenters. The van der Waals surface area contributed by atoms with Gasteiger partial charge in [-0.3, -0.25) is 4.79 Å². The summed E-state index contributed by atoms with van der Waals surface area (Å²) in [6, 6.07) is 0.398. The van der Waals surface area contributed by atoms with Crippen LogP contribution in [0.15, 0.2) is 0 Å².